The van der Waals surface area contributed by atoms with Crippen LogP contribution in [0.5, 0.6) is 0 Å². The Morgan fingerprint density at radius 2 is 0.457 bits per heavy atom. The molecule has 0 unspecified atom stereocenters. The lowest BCUT2D eigenvalue weighted by Crippen LogP contribution is -2.22. The van der Waals surface area contributed by atoms with Crippen LogP contribution in [0, 0.1) is 0 Å². The molecule has 0 radical (unpaired) electrons. The number of nitrogens with zero attached hydrogens (tertiary/aromatic N) is 4. The van der Waals surface area contributed by atoms with E-state index < -0.39 is 14.3 Å². The van der Waals surface area contributed by atoms with Crippen LogP contribution in [0.3, 0.4) is 0 Å². The Labute approximate surface area is 534 Å². The SMILES string of the molecule is O=P1(c2ccccc2)c2cc(-n3c4ccccc4c4ccccc43)ccc2-c2ccc(-n3c4ccccc4c4ccccc43)cc21.O=P1(c2ccccc2)c2cc(N(c3ccccc3)c3ccccc3)ccc2-c2ccc(N(c3ccccc3)c3ccccc3)cc21. The van der Waals surface area contributed by atoms with E-state index >= 15 is 9.13 Å². The van der Waals surface area contributed by atoms with Gasteiger partial charge in [-0.25, -0.2) is 0 Å². The maximum absolute atomic E-state index is 15.9. The summed E-state index contributed by atoms with van der Waals surface area (Å²) in [4.78, 5) is 4.47. The first-order valence-corrected chi connectivity index (χ1v) is 34.5. The molecule has 6 nitrogen and oxygen atoms in total. The number of aromatic nitrogens is 2. The van der Waals surface area contributed by atoms with Crippen molar-refractivity contribution in [3.05, 3.63) is 352 Å². The number of para-hydroxylation sites is 8. The molecule has 4 heterocycles. The van der Waals surface area contributed by atoms with Crippen LogP contribution >= 0.6 is 14.3 Å². The highest BCUT2D eigenvalue weighted by Crippen LogP contribution is 2.56. The number of benzene rings is 14. The lowest BCUT2D eigenvalue weighted by molar-refractivity contribution is 0.592. The fraction of sp³-hybridized carbons (Fsp3) is 0. The Morgan fingerprint density at radius 3 is 0.750 bits per heavy atom. The molecule has 0 N–H and O–H groups in total. The maximum Gasteiger partial charge on any atom is 0.172 e. The zero-order valence-electron chi connectivity index (χ0n) is 50.0. The molecule has 2 aliphatic heterocycles. The second kappa shape index (κ2) is 22.3. The Bertz CT molecular complexity index is 5110. The van der Waals surface area contributed by atoms with Crippen LogP contribution in [0.2, 0.25) is 0 Å². The standard InChI is InChI=1S/C42H27N2OP.C42H31N2OP/c45-46(30-12-2-1-3-13-30)41-26-28(43-37-18-8-4-14-31(37)32-15-5-9-19-38(32)43)22-24-35(41)36-25-23-29(27-42(36)46)44-39-20-10-6-16-33(39)34-17-7-11-21-40(34)44;45-46(38-24-14-5-15-25-38)41-30-36(43(32-16-6-1-7-17-32)33-18-8-2-9-19-33)26-28-39(41)40-29-27-37(31-42(40)46)44(34-20-10-3-11-21-34)35-22-12-4-13-23-35/h1-27H;1-31H. The topological polar surface area (TPSA) is 50.5 Å². The van der Waals surface area contributed by atoms with E-state index in [2.05, 4.69) is 286 Å². The first-order valence-electron chi connectivity index (χ1n) is 31.1. The summed E-state index contributed by atoms with van der Waals surface area (Å²) in [5, 5.41) is 10.1. The van der Waals surface area contributed by atoms with E-state index in [4.69, 9.17) is 0 Å². The summed E-state index contributed by atoms with van der Waals surface area (Å²) in [6.07, 6.45) is 0. The van der Waals surface area contributed by atoms with Crippen molar-refractivity contribution in [3.8, 4) is 33.6 Å². The maximum atomic E-state index is 15.9. The molecule has 2 aliphatic rings. The molecule has 92 heavy (non-hydrogen) atoms. The van der Waals surface area contributed by atoms with Crippen LogP contribution in [0.1, 0.15) is 0 Å². The zero-order chi connectivity index (χ0) is 61.3. The van der Waals surface area contributed by atoms with Gasteiger partial charge in [-0.2, -0.15) is 0 Å². The van der Waals surface area contributed by atoms with Crippen LogP contribution < -0.4 is 41.6 Å². The summed E-state index contributed by atoms with van der Waals surface area (Å²) >= 11 is 0. The number of hydrogen-bond acceptors (Lipinski definition) is 4. The van der Waals surface area contributed by atoms with E-state index in [1.54, 1.807) is 0 Å². The van der Waals surface area contributed by atoms with Crippen molar-refractivity contribution in [1.82, 2.24) is 9.13 Å². The molecule has 0 aliphatic carbocycles. The van der Waals surface area contributed by atoms with Crippen LogP contribution in [0.15, 0.2) is 352 Å². The Kier molecular flexibility index (Phi) is 13.3. The lowest BCUT2D eigenvalue weighted by Gasteiger charge is -2.27. The van der Waals surface area contributed by atoms with Gasteiger partial charge in [0.05, 0.1) is 22.1 Å². The largest absolute Gasteiger partial charge is 0.310 e. The molecule has 18 rings (SSSR count). The van der Waals surface area contributed by atoms with E-state index in [0.717, 1.165) is 122 Å². The molecule has 0 atom stereocenters. The van der Waals surface area contributed by atoms with Crippen molar-refractivity contribution < 1.29 is 9.13 Å². The van der Waals surface area contributed by atoms with E-state index in [1.165, 1.54) is 21.5 Å². The normalized spacial score (nSPS) is 13.0. The summed E-state index contributed by atoms with van der Waals surface area (Å²) in [6.45, 7) is 0. The predicted octanol–water partition coefficient (Wildman–Crippen LogP) is 19.7. The quantitative estimate of drug-likeness (QED) is 0.128. The van der Waals surface area contributed by atoms with Crippen molar-refractivity contribution >= 4 is 124 Å². The van der Waals surface area contributed by atoms with Gasteiger partial charge in [-0.05, 0) is 144 Å². The molecular weight excluding hydrogens is 1160 g/mol. The van der Waals surface area contributed by atoms with Crippen LogP contribution in [0.25, 0.3) is 77.2 Å². The van der Waals surface area contributed by atoms with Crippen LogP contribution in [-0.4, -0.2) is 9.13 Å². The van der Waals surface area contributed by atoms with Crippen molar-refractivity contribution in [2.75, 3.05) is 9.80 Å². The highest BCUT2D eigenvalue weighted by molar-refractivity contribution is 7.87. The molecule has 14 aromatic carbocycles. The van der Waals surface area contributed by atoms with E-state index in [1.807, 2.05) is 84.9 Å². The monoisotopic (exact) mass is 1220 g/mol. The molecule has 16 aromatic rings. The van der Waals surface area contributed by atoms with Gasteiger partial charge in [0.15, 0.2) is 14.3 Å². The van der Waals surface area contributed by atoms with Gasteiger partial charge in [0, 0.05) is 98.9 Å². The molecule has 0 spiro atoms. The van der Waals surface area contributed by atoms with Gasteiger partial charge in [0.1, 0.15) is 0 Å². The summed E-state index contributed by atoms with van der Waals surface area (Å²) in [5.41, 5.74) is 16.8. The van der Waals surface area contributed by atoms with Gasteiger partial charge < -0.3 is 28.1 Å². The number of anilines is 6. The fourth-order valence-corrected chi connectivity index (χ4v) is 20.5. The zero-order valence-corrected chi connectivity index (χ0v) is 51.8. The molecule has 0 fully saturated rings. The van der Waals surface area contributed by atoms with Gasteiger partial charge in [0.25, 0.3) is 0 Å². The van der Waals surface area contributed by atoms with Crippen molar-refractivity contribution in [3.63, 3.8) is 0 Å². The van der Waals surface area contributed by atoms with Gasteiger partial charge in [-0.15, -0.1) is 0 Å². The van der Waals surface area contributed by atoms with Crippen molar-refractivity contribution in [2.45, 2.75) is 0 Å². The molecule has 0 saturated carbocycles. The third-order valence-corrected chi connectivity index (χ3v) is 24.6. The molecule has 436 valence electrons. The molecule has 2 aromatic heterocycles. The van der Waals surface area contributed by atoms with Crippen molar-refractivity contribution in [2.24, 2.45) is 0 Å². The molecule has 0 saturated heterocycles. The van der Waals surface area contributed by atoms with Gasteiger partial charge >= 0.3 is 0 Å². The third kappa shape index (κ3) is 8.79. The van der Waals surface area contributed by atoms with Gasteiger partial charge in [0.2, 0.25) is 0 Å². The van der Waals surface area contributed by atoms with E-state index in [0.29, 0.717) is 0 Å². The summed E-state index contributed by atoms with van der Waals surface area (Å²) in [5.74, 6) is 0. The smallest absolute Gasteiger partial charge is 0.172 e. The van der Waals surface area contributed by atoms with Gasteiger partial charge in [-0.1, -0.05) is 231 Å². The summed E-state index contributed by atoms with van der Waals surface area (Å²) in [7, 11) is -6.48. The molecule has 0 bridgehead atoms. The van der Waals surface area contributed by atoms with E-state index in [-0.39, 0.29) is 0 Å². The second-order valence-electron chi connectivity index (χ2n) is 23.4. The first kappa shape index (κ1) is 54.9. The number of rotatable bonds is 10. The Morgan fingerprint density at radius 1 is 0.217 bits per heavy atom. The first-order chi connectivity index (χ1) is 45.4. The number of hydrogen-bond donors (Lipinski definition) is 0. The second-order valence-corrected chi connectivity index (χ2v) is 28.8. The molecule has 8 heteroatoms. The lowest BCUT2D eigenvalue weighted by atomic mass is 10.0. The van der Waals surface area contributed by atoms with Gasteiger partial charge in [-0.3, -0.25) is 0 Å². The summed E-state index contributed by atoms with van der Waals surface area (Å²) < 4.78 is 36.5. The Balaban J connectivity index is 0.000000141. The minimum absolute atomic E-state index is 0.834. The van der Waals surface area contributed by atoms with E-state index in [9.17, 15) is 0 Å². The average molecular weight is 1220 g/mol. The molecular formula is C84H58N4O2P2. The van der Waals surface area contributed by atoms with Crippen molar-refractivity contribution in [1.29, 1.82) is 0 Å². The third-order valence-electron chi connectivity index (χ3n) is 18.4. The number of fused-ring (bicyclic) bond motifs is 12. The highest BCUT2D eigenvalue weighted by Gasteiger charge is 2.43. The average Bonchev–Trinajstić information content (AvgIpc) is 1.56. The molecule has 0 amide bonds. The minimum atomic E-state index is -3.26. The fourth-order valence-electron chi connectivity index (χ4n) is 14.3. The van der Waals surface area contributed by atoms with Crippen LogP contribution in [0.4, 0.5) is 34.1 Å². The Hall–Kier alpha value is -11.3. The predicted molar refractivity (Wildman–Crippen MR) is 388 cm³/mol. The van der Waals surface area contributed by atoms with Crippen LogP contribution in [-0.2, 0) is 9.13 Å². The minimum Gasteiger partial charge on any atom is -0.310 e. The highest BCUT2D eigenvalue weighted by atomic mass is 31.2. The summed E-state index contributed by atoms with van der Waals surface area (Å²) in [6, 6.07) is 122.